The van der Waals surface area contributed by atoms with Crippen LogP contribution in [-0.2, 0) is 0 Å². The van der Waals surface area contributed by atoms with E-state index in [2.05, 4.69) is 9.97 Å². The summed E-state index contributed by atoms with van der Waals surface area (Å²) in [5.74, 6) is -0.0575. The predicted octanol–water partition coefficient (Wildman–Crippen LogP) is 4.44. The average Bonchev–Trinajstić information content (AvgIpc) is 2.97. The van der Waals surface area contributed by atoms with E-state index in [1.54, 1.807) is 24.4 Å². The maximum absolute atomic E-state index is 12.9. The van der Waals surface area contributed by atoms with Gasteiger partial charge >= 0.3 is 0 Å². The zero-order chi connectivity index (χ0) is 15.7. The van der Waals surface area contributed by atoms with Gasteiger partial charge in [-0.25, -0.2) is 9.37 Å². The Morgan fingerprint density at radius 1 is 1.18 bits per heavy atom. The van der Waals surface area contributed by atoms with Crippen molar-refractivity contribution in [1.29, 1.82) is 0 Å². The average molecular weight is 318 g/mol. The number of rotatable bonds is 3. The van der Waals surface area contributed by atoms with E-state index in [4.69, 9.17) is 11.6 Å². The van der Waals surface area contributed by atoms with Crippen LogP contribution in [0.4, 0.5) is 10.1 Å². The van der Waals surface area contributed by atoms with Gasteiger partial charge in [-0.2, -0.15) is 0 Å². The van der Waals surface area contributed by atoms with Crippen molar-refractivity contribution < 1.29 is 9.31 Å². The van der Waals surface area contributed by atoms with Gasteiger partial charge in [-0.05, 0) is 30.3 Å². The third-order valence-corrected chi connectivity index (χ3v) is 3.46. The Hall–Kier alpha value is -2.73. The molecule has 3 aromatic rings. The zero-order valence-electron chi connectivity index (χ0n) is 11.1. The lowest BCUT2D eigenvalue weighted by Crippen LogP contribution is -1.93. The zero-order valence-corrected chi connectivity index (χ0v) is 11.8. The molecule has 0 fully saturated rings. The van der Waals surface area contributed by atoms with Gasteiger partial charge < -0.3 is 4.98 Å². The summed E-state index contributed by atoms with van der Waals surface area (Å²) < 4.78 is 12.9. The lowest BCUT2D eigenvalue weighted by atomic mass is 10.1. The molecule has 2 aromatic carbocycles. The summed E-state index contributed by atoms with van der Waals surface area (Å²) in [5.41, 5.74) is 1.33. The van der Waals surface area contributed by atoms with Crippen LogP contribution in [0, 0.1) is 15.9 Å². The van der Waals surface area contributed by atoms with Crippen LogP contribution < -0.4 is 0 Å². The van der Waals surface area contributed by atoms with E-state index >= 15 is 0 Å². The van der Waals surface area contributed by atoms with Crippen molar-refractivity contribution >= 4 is 17.3 Å². The van der Waals surface area contributed by atoms with Crippen molar-refractivity contribution in [2.75, 3.05) is 0 Å². The molecule has 0 saturated carbocycles. The highest BCUT2D eigenvalue weighted by Gasteiger charge is 2.21. The number of nitrogens with one attached hydrogen (secondary N) is 1. The van der Waals surface area contributed by atoms with Crippen molar-refractivity contribution in [2.45, 2.75) is 0 Å². The number of aromatic amines is 1. The van der Waals surface area contributed by atoms with Crippen LogP contribution in [0.15, 0.2) is 48.7 Å². The standard InChI is InChI=1S/C15H9ClFN3O2/c16-11-2-1-3-13(20(21)22)14(11)15-18-8-12(19-15)9-4-6-10(17)7-5-9/h1-8H,(H,18,19). The highest BCUT2D eigenvalue weighted by atomic mass is 35.5. The lowest BCUT2D eigenvalue weighted by Gasteiger charge is -2.02. The summed E-state index contributed by atoms with van der Waals surface area (Å²) in [6, 6.07) is 10.2. The molecule has 0 spiro atoms. The van der Waals surface area contributed by atoms with Crippen LogP contribution in [0.3, 0.4) is 0 Å². The van der Waals surface area contributed by atoms with Crippen LogP contribution in [-0.4, -0.2) is 14.9 Å². The van der Waals surface area contributed by atoms with Gasteiger partial charge in [0.1, 0.15) is 17.2 Å². The second kappa shape index (κ2) is 5.57. The van der Waals surface area contributed by atoms with Gasteiger partial charge in [0.2, 0.25) is 0 Å². The summed E-state index contributed by atoms with van der Waals surface area (Å²) >= 11 is 6.07. The molecule has 22 heavy (non-hydrogen) atoms. The van der Waals surface area contributed by atoms with Crippen LogP contribution in [0.5, 0.6) is 0 Å². The third-order valence-electron chi connectivity index (χ3n) is 3.14. The Labute approximate surface area is 129 Å². The number of nitro groups is 1. The second-order valence-corrected chi connectivity index (χ2v) is 4.94. The number of benzene rings is 2. The highest BCUT2D eigenvalue weighted by molar-refractivity contribution is 6.33. The fourth-order valence-corrected chi connectivity index (χ4v) is 2.38. The Bertz CT molecular complexity index is 846. The van der Waals surface area contributed by atoms with Crippen LogP contribution >= 0.6 is 11.6 Å². The maximum atomic E-state index is 12.9. The third kappa shape index (κ3) is 2.56. The first-order valence-corrected chi connectivity index (χ1v) is 6.68. The number of hydrogen-bond acceptors (Lipinski definition) is 3. The van der Waals surface area contributed by atoms with Gasteiger partial charge in [-0.3, -0.25) is 10.1 Å². The number of H-pyrrole nitrogens is 1. The molecule has 0 atom stereocenters. The number of aromatic nitrogens is 2. The van der Waals surface area contributed by atoms with Gasteiger partial charge in [0.25, 0.3) is 5.69 Å². The largest absolute Gasteiger partial charge is 0.344 e. The SMILES string of the molecule is O=[N+]([O-])c1cccc(Cl)c1-c1nc(-c2ccc(F)cc2)c[nH]1. The summed E-state index contributed by atoms with van der Waals surface area (Å²) in [6.07, 6.45) is 1.59. The number of nitro benzene ring substituents is 1. The minimum atomic E-state index is -0.513. The molecule has 0 unspecified atom stereocenters. The second-order valence-electron chi connectivity index (χ2n) is 4.53. The molecule has 110 valence electrons. The molecule has 0 amide bonds. The summed E-state index contributed by atoms with van der Waals surface area (Å²) in [6.45, 7) is 0. The molecule has 0 bridgehead atoms. The number of nitrogens with zero attached hydrogens (tertiary/aromatic N) is 2. The number of hydrogen-bond donors (Lipinski definition) is 1. The summed E-state index contributed by atoms with van der Waals surface area (Å²) in [5, 5.41) is 11.4. The molecule has 7 heteroatoms. The first-order valence-electron chi connectivity index (χ1n) is 6.31. The molecule has 0 aliphatic carbocycles. The lowest BCUT2D eigenvalue weighted by molar-refractivity contribution is -0.384. The maximum Gasteiger partial charge on any atom is 0.281 e. The molecule has 1 aromatic heterocycles. The van der Waals surface area contributed by atoms with E-state index in [1.165, 1.54) is 24.3 Å². The predicted molar refractivity (Wildman–Crippen MR) is 81.1 cm³/mol. The van der Waals surface area contributed by atoms with Crippen LogP contribution in [0.2, 0.25) is 5.02 Å². The molecule has 5 nitrogen and oxygen atoms in total. The molecule has 0 aliphatic heterocycles. The quantitative estimate of drug-likeness (QED) is 0.573. The fraction of sp³-hybridized carbons (Fsp3) is 0. The molecular weight excluding hydrogens is 309 g/mol. The minimum absolute atomic E-state index is 0.132. The fourth-order valence-electron chi connectivity index (χ4n) is 2.12. The number of halogens is 2. The Kier molecular flexibility index (Phi) is 3.60. The number of imidazole rings is 1. The van der Waals surface area contributed by atoms with Crippen molar-refractivity contribution in [3.63, 3.8) is 0 Å². The molecule has 3 rings (SSSR count). The van der Waals surface area contributed by atoms with Gasteiger partial charge in [-0.1, -0.05) is 17.7 Å². The van der Waals surface area contributed by atoms with Crippen molar-refractivity contribution in [1.82, 2.24) is 9.97 Å². The normalized spacial score (nSPS) is 10.6. The van der Waals surface area contributed by atoms with Crippen molar-refractivity contribution in [3.8, 4) is 22.6 Å². The van der Waals surface area contributed by atoms with Crippen LogP contribution in [0.1, 0.15) is 0 Å². The smallest absolute Gasteiger partial charge is 0.281 e. The van der Waals surface area contributed by atoms with Crippen LogP contribution in [0.25, 0.3) is 22.6 Å². The van der Waals surface area contributed by atoms with E-state index in [9.17, 15) is 14.5 Å². The van der Waals surface area contributed by atoms with E-state index in [0.29, 0.717) is 11.3 Å². The summed E-state index contributed by atoms with van der Waals surface area (Å²) in [7, 11) is 0. The van der Waals surface area contributed by atoms with E-state index in [1.807, 2.05) is 0 Å². The molecule has 0 radical (unpaired) electrons. The Balaban J connectivity index is 2.08. The van der Waals surface area contributed by atoms with Gasteiger partial charge in [0.15, 0.2) is 0 Å². The van der Waals surface area contributed by atoms with Gasteiger partial charge in [0, 0.05) is 17.8 Å². The topological polar surface area (TPSA) is 71.8 Å². The summed E-state index contributed by atoms with van der Waals surface area (Å²) in [4.78, 5) is 17.8. The monoisotopic (exact) mass is 317 g/mol. The van der Waals surface area contributed by atoms with Crippen molar-refractivity contribution in [3.05, 3.63) is 69.6 Å². The molecule has 1 heterocycles. The van der Waals surface area contributed by atoms with E-state index in [-0.39, 0.29) is 27.9 Å². The molecule has 0 aliphatic rings. The molecule has 1 N–H and O–H groups in total. The van der Waals surface area contributed by atoms with E-state index < -0.39 is 4.92 Å². The first kappa shape index (κ1) is 14.2. The van der Waals surface area contributed by atoms with Gasteiger partial charge in [-0.15, -0.1) is 0 Å². The minimum Gasteiger partial charge on any atom is -0.344 e. The van der Waals surface area contributed by atoms with Crippen molar-refractivity contribution in [2.24, 2.45) is 0 Å². The van der Waals surface area contributed by atoms with Gasteiger partial charge in [0.05, 0.1) is 15.6 Å². The first-order chi connectivity index (χ1) is 10.6. The Morgan fingerprint density at radius 2 is 1.91 bits per heavy atom. The Morgan fingerprint density at radius 3 is 2.59 bits per heavy atom. The highest BCUT2D eigenvalue weighted by Crippen LogP contribution is 2.35. The van der Waals surface area contributed by atoms with E-state index in [0.717, 1.165) is 0 Å². The molecule has 0 saturated heterocycles. The molecular formula is C15H9ClFN3O2.